The van der Waals surface area contributed by atoms with Gasteiger partial charge in [-0.2, -0.15) is 0 Å². The summed E-state index contributed by atoms with van der Waals surface area (Å²) in [6.45, 7) is 7.35. The Morgan fingerprint density at radius 2 is 1.66 bits per heavy atom. The van der Waals surface area contributed by atoms with Gasteiger partial charge in [-0.15, -0.1) is 0 Å². The summed E-state index contributed by atoms with van der Waals surface area (Å²) >= 11 is 0. The van der Waals surface area contributed by atoms with Crippen LogP contribution in [-0.4, -0.2) is 27.7 Å². The fourth-order valence-electron chi connectivity index (χ4n) is 3.69. The third-order valence-corrected chi connectivity index (χ3v) is 5.85. The van der Waals surface area contributed by atoms with Crippen LogP contribution in [0.25, 0.3) is 0 Å². The van der Waals surface area contributed by atoms with E-state index in [-0.39, 0.29) is 36.8 Å². The zero-order valence-electron chi connectivity index (χ0n) is 19.2. The van der Waals surface area contributed by atoms with Gasteiger partial charge in [0.1, 0.15) is 18.1 Å². The average molecular weight is 441 g/mol. The van der Waals surface area contributed by atoms with Gasteiger partial charge in [0.05, 0.1) is 12.0 Å². The fraction of sp³-hybridized carbons (Fsp3) is 0.423. The van der Waals surface area contributed by atoms with Crippen LogP contribution < -0.4 is 4.74 Å². The number of carbonyl (C=O) groups is 3. The molecule has 2 aromatic rings. The number of phenolic OH excluding ortho intramolecular Hbond substituents is 1. The molecule has 0 aliphatic rings. The van der Waals surface area contributed by atoms with Crippen LogP contribution in [0.5, 0.6) is 11.5 Å². The lowest BCUT2D eigenvalue weighted by Gasteiger charge is -2.25. The zero-order chi connectivity index (χ0) is 23.9. The molecule has 2 rings (SSSR count). The molecule has 1 atom stereocenters. The first-order chi connectivity index (χ1) is 15.1. The molecule has 0 saturated heterocycles. The number of carboxylic acids is 1. The Kier molecular flexibility index (Phi) is 8.58. The minimum Gasteiger partial charge on any atom is -0.507 e. The van der Waals surface area contributed by atoms with Crippen molar-refractivity contribution in [2.24, 2.45) is 5.41 Å². The van der Waals surface area contributed by atoms with Crippen molar-refractivity contribution >= 4 is 17.5 Å². The number of aliphatic carboxylic acids is 1. The summed E-state index contributed by atoms with van der Waals surface area (Å²) in [5.41, 5.74) is 1.76. The Morgan fingerprint density at radius 1 is 1.00 bits per heavy atom. The van der Waals surface area contributed by atoms with E-state index < -0.39 is 11.4 Å². The third kappa shape index (κ3) is 6.42. The molecule has 0 fully saturated rings. The van der Waals surface area contributed by atoms with E-state index in [0.717, 1.165) is 12.0 Å². The van der Waals surface area contributed by atoms with Gasteiger partial charge in [-0.05, 0) is 61.1 Å². The summed E-state index contributed by atoms with van der Waals surface area (Å²) < 4.78 is 5.86. The minimum absolute atomic E-state index is 0.0155. The topological polar surface area (TPSA) is 101 Å². The van der Waals surface area contributed by atoms with E-state index in [1.54, 1.807) is 36.4 Å². The second-order valence-electron chi connectivity index (χ2n) is 8.55. The second kappa shape index (κ2) is 10.9. The lowest BCUT2D eigenvalue weighted by molar-refractivity contribution is -0.139. The summed E-state index contributed by atoms with van der Waals surface area (Å²) in [5.74, 6) is -0.604. The molecule has 2 aromatic carbocycles. The van der Waals surface area contributed by atoms with Crippen molar-refractivity contribution in [2.75, 3.05) is 0 Å². The predicted octanol–water partition coefficient (Wildman–Crippen LogP) is 5.59. The van der Waals surface area contributed by atoms with E-state index >= 15 is 0 Å². The molecule has 0 bridgehead atoms. The Balaban J connectivity index is 2.10. The predicted molar refractivity (Wildman–Crippen MR) is 122 cm³/mol. The quantitative estimate of drug-likeness (QED) is 0.417. The van der Waals surface area contributed by atoms with Crippen LogP contribution in [0.2, 0.25) is 0 Å². The highest BCUT2D eigenvalue weighted by Gasteiger charge is 2.29. The third-order valence-electron chi connectivity index (χ3n) is 5.85. The minimum atomic E-state index is -0.907. The smallest absolute Gasteiger partial charge is 0.303 e. The van der Waals surface area contributed by atoms with Crippen molar-refractivity contribution in [3.63, 3.8) is 0 Å². The van der Waals surface area contributed by atoms with Crippen molar-refractivity contribution in [3.05, 3.63) is 58.7 Å². The molecule has 6 nitrogen and oxygen atoms in total. The highest BCUT2D eigenvalue weighted by molar-refractivity contribution is 5.97. The van der Waals surface area contributed by atoms with E-state index in [4.69, 9.17) is 9.84 Å². The van der Waals surface area contributed by atoms with Gasteiger partial charge in [0.15, 0.2) is 11.6 Å². The van der Waals surface area contributed by atoms with Gasteiger partial charge in [-0.3, -0.25) is 14.4 Å². The van der Waals surface area contributed by atoms with Crippen LogP contribution in [0.1, 0.15) is 85.2 Å². The van der Waals surface area contributed by atoms with Crippen LogP contribution in [0, 0.1) is 5.41 Å². The number of carbonyl (C=O) groups excluding carboxylic acids is 2. The molecule has 6 heteroatoms. The molecule has 0 aliphatic carbocycles. The Bertz CT molecular complexity index is 977. The van der Waals surface area contributed by atoms with Crippen LogP contribution in [0.15, 0.2) is 36.4 Å². The zero-order valence-corrected chi connectivity index (χ0v) is 19.2. The maximum absolute atomic E-state index is 12.6. The first-order valence-electron chi connectivity index (χ1n) is 10.9. The molecule has 0 aromatic heterocycles. The molecule has 1 unspecified atom stereocenters. The van der Waals surface area contributed by atoms with Crippen molar-refractivity contribution in [1.82, 2.24) is 0 Å². The SMILES string of the molecule is CCCc1c(COc2ccc(C(=O)CC(C)(CC)CC(=O)O)cc2)ccc(C(C)=O)c1O. The van der Waals surface area contributed by atoms with E-state index in [0.29, 0.717) is 35.3 Å². The highest BCUT2D eigenvalue weighted by atomic mass is 16.5. The summed E-state index contributed by atoms with van der Waals surface area (Å²) in [4.78, 5) is 35.5. The number of rotatable bonds is 12. The van der Waals surface area contributed by atoms with E-state index in [9.17, 15) is 19.5 Å². The van der Waals surface area contributed by atoms with Gasteiger partial charge < -0.3 is 14.9 Å². The number of benzene rings is 2. The van der Waals surface area contributed by atoms with E-state index in [1.165, 1.54) is 6.92 Å². The Hall–Kier alpha value is -3.15. The summed E-state index contributed by atoms with van der Waals surface area (Å²) in [7, 11) is 0. The average Bonchev–Trinajstić information content (AvgIpc) is 2.73. The normalized spacial score (nSPS) is 12.8. The number of hydrogen-bond acceptors (Lipinski definition) is 5. The first-order valence-corrected chi connectivity index (χ1v) is 10.9. The summed E-state index contributed by atoms with van der Waals surface area (Å²) in [6, 6.07) is 10.2. The van der Waals surface area contributed by atoms with Crippen LogP contribution in [0.4, 0.5) is 0 Å². The maximum atomic E-state index is 12.6. The largest absolute Gasteiger partial charge is 0.507 e. The van der Waals surface area contributed by atoms with Gasteiger partial charge in [0, 0.05) is 17.5 Å². The molecular weight excluding hydrogens is 408 g/mol. The van der Waals surface area contributed by atoms with Crippen molar-refractivity contribution in [1.29, 1.82) is 0 Å². The molecule has 32 heavy (non-hydrogen) atoms. The number of aromatic hydroxyl groups is 1. The number of ketones is 2. The van der Waals surface area contributed by atoms with Crippen LogP contribution in [-0.2, 0) is 17.8 Å². The molecule has 0 saturated carbocycles. The summed E-state index contributed by atoms with van der Waals surface area (Å²) in [6.07, 6.45) is 2.16. The monoisotopic (exact) mass is 440 g/mol. The molecular formula is C26H32O6. The summed E-state index contributed by atoms with van der Waals surface area (Å²) in [5, 5.41) is 19.6. The highest BCUT2D eigenvalue weighted by Crippen LogP contribution is 2.32. The van der Waals surface area contributed by atoms with Gasteiger partial charge in [0.2, 0.25) is 0 Å². The molecule has 172 valence electrons. The molecule has 0 spiro atoms. The van der Waals surface area contributed by atoms with Gasteiger partial charge in [-0.1, -0.05) is 33.3 Å². The molecule has 0 aliphatic heterocycles. The standard InChI is InChI=1S/C26H32O6/c1-5-7-22-19(10-13-21(17(3)27)25(22)31)16-32-20-11-8-18(9-12-20)23(28)14-26(4,6-2)15-24(29)30/h8-13,31H,5-7,14-16H2,1-4H3,(H,29,30). The maximum Gasteiger partial charge on any atom is 0.303 e. The molecule has 2 N–H and O–H groups in total. The second-order valence-corrected chi connectivity index (χ2v) is 8.55. The fourth-order valence-corrected chi connectivity index (χ4v) is 3.69. The molecule has 0 heterocycles. The van der Waals surface area contributed by atoms with Crippen molar-refractivity contribution in [3.8, 4) is 11.5 Å². The molecule has 0 amide bonds. The van der Waals surface area contributed by atoms with Crippen molar-refractivity contribution in [2.45, 2.75) is 66.4 Å². The number of phenols is 1. The Labute approximate surface area is 189 Å². The van der Waals surface area contributed by atoms with Gasteiger partial charge >= 0.3 is 5.97 Å². The van der Waals surface area contributed by atoms with E-state index in [2.05, 4.69) is 0 Å². The van der Waals surface area contributed by atoms with Crippen molar-refractivity contribution < 1.29 is 29.3 Å². The number of hydrogen-bond donors (Lipinski definition) is 2. The lowest BCUT2D eigenvalue weighted by Crippen LogP contribution is -2.23. The van der Waals surface area contributed by atoms with E-state index in [1.807, 2.05) is 20.8 Å². The number of Topliss-reactive ketones (excluding diaryl/α,β-unsaturated/α-hetero) is 2. The lowest BCUT2D eigenvalue weighted by atomic mass is 9.78. The van der Waals surface area contributed by atoms with Gasteiger partial charge in [-0.25, -0.2) is 0 Å². The molecule has 0 radical (unpaired) electrons. The number of carboxylic acid groups (broad SMARTS) is 1. The first kappa shape index (κ1) is 25.1. The van der Waals surface area contributed by atoms with Crippen LogP contribution in [0.3, 0.4) is 0 Å². The van der Waals surface area contributed by atoms with Gasteiger partial charge in [0.25, 0.3) is 0 Å². The Morgan fingerprint density at radius 3 is 2.19 bits per heavy atom. The van der Waals surface area contributed by atoms with Crippen LogP contribution >= 0.6 is 0 Å². The number of ether oxygens (including phenoxy) is 1.